The van der Waals surface area contributed by atoms with Crippen LogP contribution in [0.4, 0.5) is 0 Å². The molecular formula is C20H17N3O4. The molecule has 2 aromatic heterocycles. The number of H-pyrrole nitrogens is 1. The minimum Gasteiger partial charge on any atom is -0.462 e. The van der Waals surface area contributed by atoms with Gasteiger partial charge in [-0.15, -0.1) is 0 Å². The zero-order valence-electron chi connectivity index (χ0n) is 14.4. The van der Waals surface area contributed by atoms with Crippen LogP contribution in [0, 0.1) is 0 Å². The Morgan fingerprint density at radius 1 is 1.11 bits per heavy atom. The van der Waals surface area contributed by atoms with Gasteiger partial charge in [-0.25, -0.2) is 9.59 Å². The van der Waals surface area contributed by atoms with Gasteiger partial charge in [-0.2, -0.15) is 5.10 Å². The summed E-state index contributed by atoms with van der Waals surface area (Å²) in [5.74, 6) is -0.865. The fourth-order valence-corrected chi connectivity index (χ4v) is 2.96. The van der Waals surface area contributed by atoms with Gasteiger partial charge in [-0.1, -0.05) is 42.5 Å². The first-order valence-electron chi connectivity index (χ1n) is 8.58. The second kappa shape index (κ2) is 7.33. The molecule has 4 rings (SSSR count). The van der Waals surface area contributed by atoms with Crippen molar-refractivity contribution in [3.8, 4) is 11.3 Å². The second-order valence-electron chi connectivity index (χ2n) is 6.00. The van der Waals surface area contributed by atoms with Gasteiger partial charge in [-0.05, 0) is 18.6 Å². The number of esters is 1. The normalized spacial score (nSPS) is 11.0. The molecule has 2 heterocycles. The number of ether oxygens (including phenoxy) is 1. The predicted octanol–water partition coefficient (Wildman–Crippen LogP) is 3.23. The maximum Gasteiger partial charge on any atom is 0.419 e. The number of fused-ring (bicyclic) bond motifs is 1. The standard InChI is InChI=1S/C20H17N3O4/c24-19(15-13-21-22-18(15)14-7-2-1-3-8-14)26-12-6-11-23-16-9-4-5-10-17(16)27-20(23)25/h1-5,7-10,13H,6,11-12H2,(H,21,22). The van der Waals surface area contributed by atoms with Crippen LogP contribution in [-0.4, -0.2) is 27.3 Å². The van der Waals surface area contributed by atoms with E-state index >= 15 is 0 Å². The number of aryl methyl sites for hydroxylation is 1. The van der Waals surface area contributed by atoms with E-state index in [4.69, 9.17) is 9.15 Å². The molecule has 0 saturated heterocycles. The molecule has 0 saturated carbocycles. The third kappa shape index (κ3) is 3.39. The van der Waals surface area contributed by atoms with Crippen LogP contribution in [0.25, 0.3) is 22.4 Å². The number of nitrogens with one attached hydrogen (secondary N) is 1. The highest BCUT2D eigenvalue weighted by atomic mass is 16.5. The summed E-state index contributed by atoms with van der Waals surface area (Å²) in [6.07, 6.45) is 1.95. The van der Waals surface area contributed by atoms with Gasteiger partial charge in [0.15, 0.2) is 5.58 Å². The van der Waals surface area contributed by atoms with Crippen molar-refractivity contribution in [2.75, 3.05) is 6.61 Å². The van der Waals surface area contributed by atoms with E-state index in [0.717, 1.165) is 11.1 Å². The van der Waals surface area contributed by atoms with E-state index in [0.29, 0.717) is 29.8 Å². The Morgan fingerprint density at radius 2 is 1.89 bits per heavy atom. The molecule has 136 valence electrons. The van der Waals surface area contributed by atoms with Crippen LogP contribution in [0.15, 0.2) is 70.0 Å². The fraction of sp³-hybridized carbons (Fsp3) is 0.150. The number of hydrogen-bond donors (Lipinski definition) is 1. The molecule has 0 bridgehead atoms. The van der Waals surface area contributed by atoms with Crippen LogP contribution in [0.3, 0.4) is 0 Å². The molecule has 7 heteroatoms. The van der Waals surface area contributed by atoms with Crippen molar-refractivity contribution in [1.82, 2.24) is 14.8 Å². The van der Waals surface area contributed by atoms with Crippen LogP contribution < -0.4 is 5.76 Å². The van der Waals surface area contributed by atoms with Gasteiger partial charge in [0, 0.05) is 12.1 Å². The van der Waals surface area contributed by atoms with Crippen molar-refractivity contribution in [1.29, 1.82) is 0 Å². The minimum atomic E-state index is -0.452. The summed E-state index contributed by atoms with van der Waals surface area (Å²) >= 11 is 0. The quantitative estimate of drug-likeness (QED) is 0.420. The van der Waals surface area contributed by atoms with Crippen molar-refractivity contribution >= 4 is 17.1 Å². The van der Waals surface area contributed by atoms with E-state index in [2.05, 4.69) is 10.2 Å². The average Bonchev–Trinajstić information content (AvgIpc) is 3.30. The Hall–Kier alpha value is -3.61. The van der Waals surface area contributed by atoms with E-state index in [-0.39, 0.29) is 6.61 Å². The molecule has 1 N–H and O–H groups in total. The number of oxazole rings is 1. The molecule has 0 spiro atoms. The lowest BCUT2D eigenvalue weighted by molar-refractivity contribution is 0.0497. The molecule has 0 fully saturated rings. The molecule has 0 atom stereocenters. The van der Waals surface area contributed by atoms with Crippen molar-refractivity contribution in [2.24, 2.45) is 0 Å². The summed E-state index contributed by atoms with van der Waals surface area (Å²) in [5.41, 5.74) is 3.14. The Bertz CT molecular complexity index is 1120. The van der Waals surface area contributed by atoms with Crippen LogP contribution in [0.2, 0.25) is 0 Å². The molecule has 0 amide bonds. The molecule has 0 aliphatic rings. The van der Waals surface area contributed by atoms with Crippen LogP contribution in [-0.2, 0) is 11.3 Å². The van der Waals surface area contributed by atoms with Gasteiger partial charge in [0.25, 0.3) is 0 Å². The van der Waals surface area contributed by atoms with E-state index in [1.165, 1.54) is 10.8 Å². The predicted molar refractivity (Wildman–Crippen MR) is 99.4 cm³/mol. The number of carbonyl (C=O) groups excluding carboxylic acids is 1. The van der Waals surface area contributed by atoms with Crippen molar-refractivity contribution in [2.45, 2.75) is 13.0 Å². The summed E-state index contributed by atoms with van der Waals surface area (Å²) in [6, 6.07) is 16.7. The number of hydrogen-bond acceptors (Lipinski definition) is 5. The van der Waals surface area contributed by atoms with Crippen LogP contribution >= 0.6 is 0 Å². The lowest BCUT2D eigenvalue weighted by atomic mass is 10.1. The molecule has 0 aliphatic carbocycles. The molecule has 4 aromatic rings. The van der Waals surface area contributed by atoms with Crippen LogP contribution in [0.1, 0.15) is 16.8 Å². The Morgan fingerprint density at radius 3 is 2.74 bits per heavy atom. The Balaban J connectivity index is 1.39. The molecule has 0 aliphatic heterocycles. The third-order valence-corrected chi connectivity index (χ3v) is 4.25. The van der Waals surface area contributed by atoms with Gasteiger partial charge in [0.1, 0.15) is 5.56 Å². The van der Waals surface area contributed by atoms with E-state index in [1.54, 1.807) is 6.07 Å². The summed E-state index contributed by atoms with van der Waals surface area (Å²) in [4.78, 5) is 24.3. The first-order valence-corrected chi connectivity index (χ1v) is 8.58. The lowest BCUT2D eigenvalue weighted by Gasteiger charge is -2.06. The molecular weight excluding hydrogens is 346 g/mol. The van der Waals surface area contributed by atoms with Crippen molar-refractivity contribution in [3.63, 3.8) is 0 Å². The Labute approximate surface area is 154 Å². The van der Waals surface area contributed by atoms with Gasteiger partial charge in [0.05, 0.1) is 24.0 Å². The molecule has 2 aromatic carbocycles. The largest absolute Gasteiger partial charge is 0.462 e. The third-order valence-electron chi connectivity index (χ3n) is 4.25. The van der Waals surface area contributed by atoms with Gasteiger partial charge < -0.3 is 9.15 Å². The number of aromatic amines is 1. The fourth-order valence-electron chi connectivity index (χ4n) is 2.96. The zero-order chi connectivity index (χ0) is 18.6. The highest BCUT2D eigenvalue weighted by Gasteiger charge is 2.16. The van der Waals surface area contributed by atoms with Gasteiger partial charge in [-0.3, -0.25) is 9.67 Å². The highest BCUT2D eigenvalue weighted by Crippen LogP contribution is 2.21. The van der Waals surface area contributed by atoms with Crippen LogP contribution in [0.5, 0.6) is 0 Å². The van der Waals surface area contributed by atoms with E-state index < -0.39 is 11.7 Å². The number of para-hydroxylation sites is 2. The number of aromatic nitrogens is 3. The molecule has 7 nitrogen and oxygen atoms in total. The number of benzene rings is 2. The summed E-state index contributed by atoms with van der Waals surface area (Å²) < 4.78 is 12.1. The number of carbonyl (C=O) groups is 1. The van der Waals surface area contributed by atoms with Crippen molar-refractivity contribution in [3.05, 3.63) is 76.9 Å². The lowest BCUT2D eigenvalue weighted by Crippen LogP contribution is -2.16. The maximum atomic E-state index is 12.4. The topological polar surface area (TPSA) is 90.1 Å². The summed E-state index contributed by atoms with van der Waals surface area (Å²) in [5, 5.41) is 6.79. The first-order chi connectivity index (χ1) is 13.2. The molecule has 27 heavy (non-hydrogen) atoms. The number of nitrogens with zero attached hydrogens (tertiary/aromatic N) is 2. The summed E-state index contributed by atoms with van der Waals surface area (Å²) in [6.45, 7) is 0.588. The number of rotatable bonds is 6. The zero-order valence-corrected chi connectivity index (χ0v) is 14.4. The van der Waals surface area contributed by atoms with Gasteiger partial charge in [0.2, 0.25) is 0 Å². The first kappa shape index (κ1) is 16.8. The summed E-state index contributed by atoms with van der Waals surface area (Å²) in [7, 11) is 0. The SMILES string of the molecule is O=C(OCCCn1c(=O)oc2ccccc21)c1cn[nH]c1-c1ccccc1. The van der Waals surface area contributed by atoms with Gasteiger partial charge >= 0.3 is 11.7 Å². The smallest absolute Gasteiger partial charge is 0.419 e. The maximum absolute atomic E-state index is 12.4. The minimum absolute atomic E-state index is 0.185. The van der Waals surface area contributed by atoms with E-state index in [1.807, 2.05) is 48.5 Å². The highest BCUT2D eigenvalue weighted by molar-refractivity contribution is 5.95. The monoisotopic (exact) mass is 363 g/mol. The average molecular weight is 363 g/mol. The second-order valence-corrected chi connectivity index (χ2v) is 6.00. The molecule has 0 unspecified atom stereocenters. The van der Waals surface area contributed by atoms with Crippen molar-refractivity contribution < 1.29 is 13.9 Å². The molecule has 0 radical (unpaired) electrons. The Kier molecular flexibility index (Phi) is 4.57. The van der Waals surface area contributed by atoms with E-state index in [9.17, 15) is 9.59 Å².